The molecule has 5 nitrogen and oxygen atoms in total. The molecule has 0 N–H and O–H groups in total. The first-order chi connectivity index (χ1) is 10.3. The van der Waals surface area contributed by atoms with Gasteiger partial charge in [0.25, 0.3) is 5.91 Å². The molecule has 0 spiro atoms. The number of hydrogen-bond donors (Lipinski definition) is 0. The highest BCUT2D eigenvalue weighted by atomic mass is 16.2. The van der Waals surface area contributed by atoms with E-state index in [1.807, 2.05) is 29.2 Å². The van der Waals surface area contributed by atoms with E-state index >= 15 is 0 Å². The Kier molecular flexibility index (Phi) is 3.92. The summed E-state index contributed by atoms with van der Waals surface area (Å²) >= 11 is 0. The number of piperazine rings is 1. The standard InChI is InChI=1S/C16H18N4O/c1-19-9-11-20(12-10-19)16(21)14-3-2-6-18-15(14)13-4-7-17-8-5-13/h2-8H,9-12H2,1H3. The van der Waals surface area contributed by atoms with Crippen molar-refractivity contribution in [3.63, 3.8) is 0 Å². The molecule has 5 heteroatoms. The Morgan fingerprint density at radius 1 is 1.05 bits per heavy atom. The van der Waals surface area contributed by atoms with E-state index < -0.39 is 0 Å². The highest BCUT2D eigenvalue weighted by Crippen LogP contribution is 2.22. The third-order valence-electron chi connectivity index (χ3n) is 3.78. The van der Waals surface area contributed by atoms with Crippen LogP contribution >= 0.6 is 0 Å². The highest BCUT2D eigenvalue weighted by Gasteiger charge is 2.23. The fourth-order valence-electron chi connectivity index (χ4n) is 2.50. The van der Waals surface area contributed by atoms with Gasteiger partial charge in [-0.3, -0.25) is 14.8 Å². The molecule has 2 aromatic heterocycles. The zero-order valence-electron chi connectivity index (χ0n) is 12.1. The molecule has 108 valence electrons. The lowest BCUT2D eigenvalue weighted by Crippen LogP contribution is -2.47. The van der Waals surface area contributed by atoms with Gasteiger partial charge in [0.1, 0.15) is 0 Å². The molecular weight excluding hydrogens is 264 g/mol. The van der Waals surface area contributed by atoms with Gasteiger partial charge in [0, 0.05) is 50.3 Å². The smallest absolute Gasteiger partial charge is 0.256 e. The average molecular weight is 282 g/mol. The van der Waals surface area contributed by atoms with Gasteiger partial charge in [0.15, 0.2) is 0 Å². The highest BCUT2D eigenvalue weighted by molar-refractivity contribution is 5.99. The number of nitrogens with zero attached hydrogens (tertiary/aromatic N) is 4. The molecule has 1 aliphatic rings. The first-order valence-corrected chi connectivity index (χ1v) is 7.09. The number of rotatable bonds is 2. The number of pyridine rings is 2. The average Bonchev–Trinajstić information content (AvgIpc) is 2.56. The number of hydrogen-bond acceptors (Lipinski definition) is 4. The second kappa shape index (κ2) is 6.01. The van der Waals surface area contributed by atoms with Crippen LogP contribution in [-0.2, 0) is 0 Å². The molecule has 1 amide bonds. The van der Waals surface area contributed by atoms with Crippen molar-refractivity contribution in [2.75, 3.05) is 33.2 Å². The minimum Gasteiger partial charge on any atom is -0.336 e. The van der Waals surface area contributed by atoms with Crippen molar-refractivity contribution in [1.82, 2.24) is 19.8 Å². The summed E-state index contributed by atoms with van der Waals surface area (Å²) in [4.78, 5) is 25.3. The number of amides is 1. The Labute approximate surface area is 124 Å². The number of carbonyl (C=O) groups is 1. The summed E-state index contributed by atoms with van der Waals surface area (Å²) in [5.74, 6) is 0.0583. The third-order valence-corrected chi connectivity index (χ3v) is 3.78. The molecule has 1 fully saturated rings. The van der Waals surface area contributed by atoms with Gasteiger partial charge in [-0.25, -0.2) is 0 Å². The van der Waals surface area contributed by atoms with Crippen molar-refractivity contribution in [3.05, 3.63) is 48.4 Å². The van der Waals surface area contributed by atoms with E-state index in [1.54, 1.807) is 18.6 Å². The fraction of sp³-hybridized carbons (Fsp3) is 0.312. The van der Waals surface area contributed by atoms with E-state index in [9.17, 15) is 4.79 Å². The first-order valence-electron chi connectivity index (χ1n) is 7.09. The molecule has 1 aliphatic heterocycles. The number of carbonyl (C=O) groups excluding carboxylic acids is 1. The zero-order chi connectivity index (χ0) is 14.7. The Morgan fingerprint density at radius 2 is 1.76 bits per heavy atom. The molecule has 3 rings (SSSR count). The minimum atomic E-state index is 0.0583. The summed E-state index contributed by atoms with van der Waals surface area (Å²) in [7, 11) is 2.08. The lowest BCUT2D eigenvalue weighted by Gasteiger charge is -2.32. The lowest BCUT2D eigenvalue weighted by atomic mass is 10.1. The van der Waals surface area contributed by atoms with Crippen LogP contribution in [0.25, 0.3) is 11.3 Å². The summed E-state index contributed by atoms with van der Waals surface area (Å²) in [6.07, 6.45) is 5.15. The summed E-state index contributed by atoms with van der Waals surface area (Å²) < 4.78 is 0. The van der Waals surface area contributed by atoms with E-state index in [1.165, 1.54) is 0 Å². The SMILES string of the molecule is CN1CCN(C(=O)c2cccnc2-c2ccncc2)CC1. The maximum Gasteiger partial charge on any atom is 0.256 e. The molecule has 1 saturated heterocycles. The maximum atomic E-state index is 12.8. The van der Waals surface area contributed by atoms with Gasteiger partial charge >= 0.3 is 0 Å². The van der Waals surface area contributed by atoms with E-state index in [-0.39, 0.29) is 5.91 Å². The summed E-state index contributed by atoms with van der Waals surface area (Å²) in [6.45, 7) is 3.35. The molecule has 3 heterocycles. The van der Waals surface area contributed by atoms with Crippen LogP contribution in [0.3, 0.4) is 0 Å². The topological polar surface area (TPSA) is 49.3 Å². The van der Waals surface area contributed by atoms with Gasteiger partial charge in [-0.1, -0.05) is 0 Å². The van der Waals surface area contributed by atoms with Gasteiger partial charge in [0.05, 0.1) is 11.3 Å². The van der Waals surface area contributed by atoms with Gasteiger partial charge in [0.2, 0.25) is 0 Å². The number of aromatic nitrogens is 2. The van der Waals surface area contributed by atoms with Crippen molar-refractivity contribution in [2.24, 2.45) is 0 Å². The Bertz CT molecular complexity index is 621. The van der Waals surface area contributed by atoms with Crippen LogP contribution in [0.15, 0.2) is 42.9 Å². The van der Waals surface area contributed by atoms with Crippen LogP contribution in [0.1, 0.15) is 10.4 Å². The molecular formula is C16H18N4O. The van der Waals surface area contributed by atoms with Crippen molar-refractivity contribution >= 4 is 5.91 Å². The normalized spacial score (nSPS) is 16.0. The van der Waals surface area contributed by atoms with E-state index in [4.69, 9.17) is 0 Å². The van der Waals surface area contributed by atoms with E-state index in [0.29, 0.717) is 5.56 Å². The quantitative estimate of drug-likeness (QED) is 0.838. The van der Waals surface area contributed by atoms with Crippen molar-refractivity contribution < 1.29 is 4.79 Å². The van der Waals surface area contributed by atoms with Crippen LogP contribution in [0, 0.1) is 0 Å². The molecule has 0 unspecified atom stereocenters. The number of likely N-dealkylation sites (N-methyl/N-ethyl adjacent to an activating group) is 1. The molecule has 0 saturated carbocycles. The lowest BCUT2D eigenvalue weighted by molar-refractivity contribution is 0.0664. The predicted octanol–water partition coefficient (Wildman–Crippen LogP) is 1.53. The van der Waals surface area contributed by atoms with Gasteiger partial charge < -0.3 is 9.80 Å². The molecule has 21 heavy (non-hydrogen) atoms. The van der Waals surface area contributed by atoms with Crippen molar-refractivity contribution in [1.29, 1.82) is 0 Å². The maximum absolute atomic E-state index is 12.8. The summed E-state index contributed by atoms with van der Waals surface area (Å²) in [5.41, 5.74) is 2.31. The van der Waals surface area contributed by atoms with Gasteiger partial charge in [-0.05, 0) is 31.3 Å². The van der Waals surface area contributed by atoms with Gasteiger partial charge in [-0.2, -0.15) is 0 Å². The monoisotopic (exact) mass is 282 g/mol. The Balaban J connectivity index is 1.90. The minimum absolute atomic E-state index is 0.0583. The van der Waals surface area contributed by atoms with Crippen molar-refractivity contribution in [2.45, 2.75) is 0 Å². The van der Waals surface area contributed by atoms with Crippen LogP contribution in [-0.4, -0.2) is 58.9 Å². The first kappa shape index (κ1) is 13.7. The van der Waals surface area contributed by atoms with Crippen LogP contribution in [0.5, 0.6) is 0 Å². The Hall–Kier alpha value is -2.27. The Morgan fingerprint density at radius 3 is 2.48 bits per heavy atom. The largest absolute Gasteiger partial charge is 0.336 e. The predicted molar refractivity (Wildman–Crippen MR) is 80.9 cm³/mol. The van der Waals surface area contributed by atoms with Crippen LogP contribution < -0.4 is 0 Å². The second-order valence-corrected chi connectivity index (χ2v) is 5.23. The zero-order valence-corrected chi connectivity index (χ0v) is 12.1. The second-order valence-electron chi connectivity index (χ2n) is 5.23. The molecule has 2 aromatic rings. The van der Waals surface area contributed by atoms with E-state index in [0.717, 1.165) is 37.4 Å². The van der Waals surface area contributed by atoms with Crippen LogP contribution in [0.2, 0.25) is 0 Å². The third kappa shape index (κ3) is 2.92. The fourth-order valence-corrected chi connectivity index (χ4v) is 2.50. The molecule has 0 atom stereocenters. The molecule has 0 aromatic carbocycles. The molecule has 0 aliphatic carbocycles. The molecule has 0 radical (unpaired) electrons. The summed E-state index contributed by atoms with van der Waals surface area (Å²) in [5, 5.41) is 0. The summed E-state index contributed by atoms with van der Waals surface area (Å²) in [6, 6.07) is 7.42. The van der Waals surface area contributed by atoms with Crippen LogP contribution in [0.4, 0.5) is 0 Å². The van der Waals surface area contributed by atoms with Crippen molar-refractivity contribution in [3.8, 4) is 11.3 Å². The molecule has 0 bridgehead atoms. The van der Waals surface area contributed by atoms with E-state index in [2.05, 4.69) is 21.9 Å². The van der Waals surface area contributed by atoms with Gasteiger partial charge in [-0.15, -0.1) is 0 Å².